The number of hydrogen-bond acceptors (Lipinski definition) is 3. The van der Waals surface area contributed by atoms with Crippen LogP contribution in [0.1, 0.15) is 32.2 Å². The van der Waals surface area contributed by atoms with Gasteiger partial charge >= 0.3 is 0 Å². The number of benzene rings is 1. The van der Waals surface area contributed by atoms with Crippen molar-refractivity contribution in [2.24, 2.45) is 0 Å². The quantitative estimate of drug-likeness (QED) is 0.815. The van der Waals surface area contributed by atoms with Crippen LogP contribution in [0.15, 0.2) is 18.2 Å². The van der Waals surface area contributed by atoms with Crippen LogP contribution < -0.4 is 4.74 Å². The van der Waals surface area contributed by atoms with Crippen molar-refractivity contribution in [3.8, 4) is 11.4 Å². The summed E-state index contributed by atoms with van der Waals surface area (Å²) in [5.41, 5.74) is 1.97. The summed E-state index contributed by atoms with van der Waals surface area (Å²) in [6.07, 6.45) is 0. The minimum Gasteiger partial charge on any atom is -0.494 e. The molecule has 0 radical (unpaired) electrons. The van der Waals surface area contributed by atoms with Crippen LogP contribution in [0.25, 0.3) is 5.69 Å². The first-order valence-electron chi connectivity index (χ1n) is 6.23. The molecule has 0 aliphatic rings. The molecule has 0 saturated heterocycles. The number of hydrogen-bond donors (Lipinski definition) is 0. The molecule has 0 bridgehead atoms. The molecule has 0 spiro atoms. The molecular formula is C14H17ClFN3O. The lowest BCUT2D eigenvalue weighted by atomic mass is 9.90. The first kappa shape index (κ1) is 14.8. The highest BCUT2D eigenvalue weighted by molar-refractivity contribution is 6.17. The van der Waals surface area contributed by atoms with Crippen molar-refractivity contribution in [1.82, 2.24) is 15.0 Å². The number of alkyl halides is 1. The third-order valence-electron chi connectivity index (χ3n) is 2.96. The molecule has 1 aromatic carbocycles. The Kier molecular flexibility index (Phi) is 3.99. The van der Waals surface area contributed by atoms with Gasteiger partial charge in [-0.2, -0.15) is 0 Å². The van der Waals surface area contributed by atoms with Crippen molar-refractivity contribution in [1.29, 1.82) is 0 Å². The zero-order valence-electron chi connectivity index (χ0n) is 11.9. The van der Waals surface area contributed by atoms with Crippen LogP contribution in [0.2, 0.25) is 0 Å². The average Bonchev–Trinajstić information content (AvgIpc) is 2.82. The van der Waals surface area contributed by atoms with Crippen molar-refractivity contribution in [2.45, 2.75) is 32.1 Å². The summed E-state index contributed by atoms with van der Waals surface area (Å²) in [6.45, 7) is 6.12. The molecule has 0 aliphatic heterocycles. The second-order valence-electron chi connectivity index (χ2n) is 5.50. The van der Waals surface area contributed by atoms with Gasteiger partial charge in [0.1, 0.15) is 5.69 Å². The normalized spacial score (nSPS) is 11.7. The van der Waals surface area contributed by atoms with E-state index in [0.717, 1.165) is 5.69 Å². The Balaban J connectivity index is 2.59. The standard InChI is InChI=1S/C14H17ClFN3O/c1-14(2,3)13-11(8-15)17-18-19(13)9-5-6-12(20-4)10(16)7-9/h5-7H,8H2,1-4H3. The van der Waals surface area contributed by atoms with Gasteiger partial charge < -0.3 is 4.74 Å². The highest BCUT2D eigenvalue weighted by Crippen LogP contribution is 2.29. The third-order valence-corrected chi connectivity index (χ3v) is 3.21. The molecule has 0 amide bonds. The van der Waals surface area contributed by atoms with Crippen LogP contribution >= 0.6 is 11.6 Å². The maximum atomic E-state index is 13.8. The van der Waals surface area contributed by atoms with E-state index in [9.17, 15) is 4.39 Å². The Labute approximate surface area is 122 Å². The number of aromatic nitrogens is 3. The lowest BCUT2D eigenvalue weighted by Gasteiger charge is -2.21. The van der Waals surface area contributed by atoms with E-state index in [4.69, 9.17) is 16.3 Å². The summed E-state index contributed by atoms with van der Waals surface area (Å²) in [5.74, 6) is 0.0298. The van der Waals surface area contributed by atoms with Crippen LogP contribution in [0.5, 0.6) is 5.75 Å². The van der Waals surface area contributed by atoms with Crippen LogP contribution in [0, 0.1) is 5.82 Å². The Morgan fingerprint density at radius 3 is 2.55 bits per heavy atom. The summed E-state index contributed by atoms with van der Waals surface area (Å²) in [4.78, 5) is 0. The molecule has 108 valence electrons. The molecule has 0 aliphatic carbocycles. The topological polar surface area (TPSA) is 39.9 Å². The SMILES string of the molecule is COc1ccc(-n2nnc(CCl)c2C(C)(C)C)cc1F. The monoisotopic (exact) mass is 297 g/mol. The van der Waals surface area contributed by atoms with Gasteiger partial charge in [-0.1, -0.05) is 26.0 Å². The number of methoxy groups -OCH3 is 1. The maximum Gasteiger partial charge on any atom is 0.167 e. The van der Waals surface area contributed by atoms with E-state index in [1.54, 1.807) is 16.8 Å². The van der Waals surface area contributed by atoms with Gasteiger partial charge in [-0.25, -0.2) is 9.07 Å². The molecule has 2 rings (SSSR count). The Morgan fingerprint density at radius 2 is 2.05 bits per heavy atom. The van der Waals surface area contributed by atoms with Crippen molar-refractivity contribution < 1.29 is 9.13 Å². The van der Waals surface area contributed by atoms with Crippen molar-refractivity contribution in [3.63, 3.8) is 0 Å². The molecule has 20 heavy (non-hydrogen) atoms. The van der Waals surface area contributed by atoms with Gasteiger partial charge in [0.25, 0.3) is 0 Å². The van der Waals surface area contributed by atoms with Gasteiger partial charge in [0, 0.05) is 11.5 Å². The predicted molar refractivity (Wildman–Crippen MR) is 76.1 cm³/mol. The fourth-order valence-electron chi connectivity index (χ4n) is 2.12. The summed E-state index contributed by atoms with van der Waals surface area (Å²) < 4.78 is 20.4. The van der Waals surface area contributed by atoms with Gasteiger partial charge in [0.05, 0.1) is 24.4 Å². The molecule has 0 N–H and O–H groups in total. The van der Waals surface area contributed by atoms with Crippen LogP contribution in [0.4, 0.5) is 4.39 Å². The Hall–Kier alpha value is -1.62. The molecule has 6 heteroatoms. The van der Waals surface area contributed by atoms with E-state index in [0.29, 0.717) is 11.4 Å². The fraction of sp³-hybridized carbons (Fsp3) is 0.429. The van der Waals surface area contributed by atoms with E-state index < -0.39 is 5.82 Å². The molecule has 0 atom stereocenters. The summed E-state index contributed by atoms with van der Waals surface area (Å²) >= 11 is 5.91. The number of rotatable bonds is 3. The minimum absolute atomic E-state index is 0.198. The van der Waals surface area contributed by atoms with Gasteiger partial charge in [-0.15, -0.1) is 16.7 Å². The molecule has 1 heterocycles. The predicted octanol–water partition coefficient (Wildman–Crippen LogP) is 3.45. The summed E-state index contributed by atoms with van der Waals surface area (Å²) in [6, 6.07) is 4.68. The number of ether oxygens (including phenoxy) is 1. The minimum atomic E-state index is -0.437. The van der Waals surface area contributed by atoms with Crippen molar-refractivity contribution in [2.75, 3.05) is 7.11 Å². The zero-order valence-corrected chi connectivity index (χ0v) is 12.7. The molecule has 0 fully saturated rings. The fourth-order valence-corrected chi connectivity index (χ4v) is 2.30. The lowest BCUT2D eigenvalue weighted by Crippen LogP contribution is -2.19. The van der Waals surface area contributed by atoms with Gasteiger partial charge in [-0.05, 0) is 12.1 Å². The third kappa shape index (κ3) is 2.63. The maximum absolute atomic E-state index is 13.8. The molecule has 1 aromatic heterocycles. The first-order valence-corrected chi connectivity index (χ1v) is 6.77. The first-order chi connectivity index (χ1) is 9.38. The average molecular weight is 298 g/mol. The van der Waals surface area contributed by atoms with E-state index >= 15 is 0 Å². The van der Waals surface area contributed by atoms with E-state index in [2.05, 4.69) is 10.3 Å². The smallest absolute Gasteiger partial charge is 0.167 e. The summed E-state index contributed by atoms with van der Waals surface area (Å²) in [5, 5.41) is 8.17. The van der Waals surface area contributed by atoms with Gasteiger partial charge in [-0.3, -0.25) is 0 Å². The van der Waals surface area contributed by atoms with Crippen molar-refractivity contribution >= 4 is 11.6 Å². The van der Waals surface area contributed by atoms with Gasteiger partial charge in [0.2, 0.25) is 0 Å². The van der Waals surface area contributed by atoms with Gasteiger partial charge in [0.15, 0.2) is 11.6 Å². The van der Waals surface area contributed by atoms with E-state index in [1.807, 2.05) is 20.8 Å². The lowest BCUT2D eigenvalue weighted by molar-refractivity contribution is 0.386. The van der Waals surface area contributed by atoms with E-state index in [-0.39, 0.29) is 17.0 Å². The molecular weight excluding hydrogens is 281 g/mol. The van der Waals surface area contributed by atoms with Crippen LogP contribution in [-0.2, 0) is 11.3 Å². The Morgan fingerprint density at radius 1 is 1.35 bits per heavy atom. The molecule has 4 nitrogen and oxygen atoms in total. The highest BCUT2D eigenvalue weighted by Gasteiger charge is 2.25. The van der Waals surface area contributed by atoms with E-state index in [1.165, 1.54) is 13.2 Å². The number of nitrogens with zero attached hydrogens (tertiary/aromatic N) is 3. The molecule has 0 saturated carbocycles. The summed E-state index contributed by atoms with van der Waals surface area (Å²) in [7, 11) is 1.43. The largest absolute Gasteiger partial charge is 0.494 e. The van der Waals surface area contributed by atoms with Crippen molar-refractivity contribution in [3.05, 3.63) is 35.4 Å². The molecule has 0 unspecified atom stereocenters. The molecule has 2 aromatic rings. The second kappa shape index (κ2) is 5.40. The second-order valence-corrected chi connectivity index (χ2v) is 5.77. The van der Waals surface area contributed by atoms with Crippen LogP contribution in [0.3, 0.4) is 0 Å². The number of halogens is 2. The zero-order chi connectivity index (χ0) is 14.9. The highest BCUT2D eigenvalue weighted by atomic mass is 35.5. The Bertz CT molecular complexity index is 619. The van der Waals surface area contributed by atoms with Crippen LogP contribution in [-0.4, -0.2) is 22.1 Å².